The van der Waals surface area contributed by atoms with Crippen molar-refractivity contribution in [1.82, 2.24) is 9.55 Å². The average Bonchev–Trinajstić information content (AvgIpc) is 3.08. The summed E-state index contributed by atoms with van der Waals surface area (Å²) in [7, 11) is 3.08. The van der Waals surface area contributed by atoms with Crippen LogP contribution in [0.15, 0.2) is 29.3 Å². The minimum atomic E-state index is -0.336. The van der Waals surface area contributed by atoms with Gasteiger partial charge in [0.15, 0.2) is 0 Å². The van der Waals surface area contributed by atoms with Crippen LogP contribution < -0.4 is 20.3 Å². The van der Waals surface area contributed by atoms with Gasteiger partial charge in [-0.3, -0.25) is 14.2 Å². The Bertz CT molecular complexity index is 1130. The van der Waals surface area contributed by atoms with E-state index in [1.54, 1.807) is 36.6 Å². The number of amides is 1. The van der Waals surface area contributed by atoms with Gasteiger partial charge in [-0.15, -0.1) is 11.3 Å². The number of methoxy groups -OCH3 is 2. The number of carbonyl (C=O) groups is 1. The summed E-state index contributed by atoms with van der Waals surface area (Å²) in [6.07, 6.45) is 4.41. The lowest BCUT2D eigenvalue weighted by Gasteiger charge is -2.17. The van der Waals surface area contributed by atoms with Crippen LogP contribution in [-0.4, -0.2) is 29.7 Å². The lowest BCUT2D eigenvalue weighted by Crippen LogP contribution is -2.28. The fourth-order valence-corrected chi connectivity index (χ4v) is 5.08. The molecule has 29 heavy (non-hydrogen) atoms. The van der Waals surface area contributed by atoms with E-state index in [0.717, 1.165) is 29.7 Å². The monoisotopic (exact) mass is 413 g/mol. The number of nitrogens with one attached hydrogen (secondary N) is 1. The quantitative estimate of drug-likeness (QED) is 0.694. The molecule has 8 heteroatoms. The van der Waals surface area contributed by atoms with Gasteiger partial charge in [0.1, 0.15) is 22.9 Å². The number of aryl methyl sites for hydroxylation is 1. The van der Waals surface area contributed by atoms with Crippen LogP contribution in [-0.2, 0) is 24.2 Å². The van der Waals surface area contributed by atoms with E-state index in [0.29, 0.717) is 28.5 Å². The summed E-state index contributed by atoms with van der Waals surface area (Å²) in [6.45, 7) is 2.11. The van der Waals surface area contributed by atoms with Crippen molar-refractivity contribution in [3.05, 3.63) is 45.3 Å². The summed E-state index contributed by atoms with van der Waals surface area (Å²) in [5, 5.41) is 3.47. The summed E-state index contributed by atoms with van der Waals surface area (Å²) in [4.78, 5) is 32.1. The standard InChI is InChI=1S/C21H23N3O4S/c1-12-4-6-14-17(8-12)29-20-19(14)21(26)24(11-22-20)10-18(25)23-15-9-13(27-2)5-7-16(15)28-3/h5,7,9,11-12H,4,6,8,10H2,1-3H3,(H,23,25)/t12-/m0/s1. The number of benzene rings is 1. The topological polar surface area (TPSA) is 82.4 Å². The predicted octanol–water partition coefficient (Wildman–Crippen LogP) is 3.24. The zero-order chi connectivity index (χ0) is 20.5. The largest absolute Gasteiger partial charge is 0.497 e. The highest BCUT2D eigenvalue weighted by atomic mass is 32.1. The number of ether oxygens (including phenoxy) is 2. The van der Waals surface area contributed by atoms with Crippen LogP contribution in [0.25, 0.3) is 10.2 Å². The first-order valence-electron chi connectivity index (χ1n) is 9.51. The molecule has 1 atom stereocenters. The van der Waals surface area contributed by atoms with Gasteiger partial charge in [-0.05, 0) is 42.9 Å². The van der Waals surface area contributed by atoms with E-state index in [1.807, 2.05) is 0 Å². The SMILES string of the molecule is COc1ccc(OC)c(NC(=O)Cn2cnc3sc4c(c3c2=O)CC[C@H](C)C4)c1. The van der Waals surface area contributed by atoms with Crippen molar-refractivity contribution < 1.29 is 14.3 Å². The molecule has 1 amide bonds. The normalized spacial score (nSPS) is 15.8. The van der Waals surface area contributed by atoms with E-state index < -0.39 is 0 Å². The Morgan fingerprint density at radius 1 is 1.34 bits per heavy atom. The molecular weight excluding hydrogens is 390 g/mol. The maximum Gasteiger partial charge on any atom is 0.262 e. The molecule has 0 bridgehead atoms. The van der Waals surface area contributed by atoms with Crippen LogP contribution in [0.4, 0.5) is 5.69 Å². The van der Waals surface area contributed by atoms with E-state index in [-0.39, 0.29) is 18.0 Å². The van der Waals surface area contributed by atoms with E-state index in [4.69, 9.17) is 9.47 Å². The predicted molar refractivity (Wildman–Crippen MR) is 113 cm³/mol. The molecular formula is C21H23N3O4S. The van der Waals surface area contributed by atoms with E-state index in [2.05, 4.69) is 17.2 Å². The third-order valence-electron chi connectivity index (χ3n) is 5.28. The van der Waals surface area contributed by atoms with Crippen molar-refractivity contribution >= 4 is 33.1 Å². The Balaban J connectivity index is 1.61. The van der Waals surface area contributed by atoms with E-state index in [1.165, 1.54) is 22.9 Å². The van der Waals surface area contributed by atoms with Gasteiger partial charge in [-0.2, -0.15) is 0 Å². The molecule has 0 aliphatic heterocycles. The first kappa shape index (κ1) is 19.4. The molecule has 2 heterocycles. The summed E-state index contributed by atoms with van der Waals surface area (Å²) >= 11 is 1.60. The van der Waals surface area contributed by atoms with Crippen molar-refractivity contribution in [2.75, 3.05) is 19.5 Å². The molecule has 0 spiro atoms. The van der Waals surface area contributed by atoms with Crippen molar-refractivity contribution in [2.45, 2.75) is 32.7 Å². The highest BCUT2D eigenvalue weighted by Gasteiger charge is 2.23. The van der Waals surface area contributed by atoms with Crippen molar-refractivity contribution in [3.63, 3.8) is 0 Å². The van der Waals surface area contributed by atoms with Gasteiger partial charge in [0.2, 0.25) is 5.91 Å². The van der Waals surface area contributed by atoms with Crippen LogP contribution in [0.2, 0.25) is 0 Å². The van der Waals surface area contributed by atoms with Gasteiger partial charge < -0.3 is 14.8 Å². The van der Waals surface area contributed by atoms with Crippen molar-refractivity contribution in [2.24, 2.45) is 5.92 Å². The smallest absolute Gasteiger partial charge is 0.262 e. The van der Waals surface area contributed by atoms with Crippen molar-refractivity contribution in [1.29, 1.82) is 0 Å². The fourth-order valence-electron chi connectivity index (χ4n) is 3.73. The number of thiophene rings is 1. The zero-order valence-electron chi connectivity index (χ0n) is 16.7. The Labute approximate surface area is 172 Å². The molecule has 1 N–H and O–H groups in total. The highest BCUT2D eigenvalue weighted by molar-refractivity contribution is 7.18. The number of rotatable bonds is 5. The molecule has 152 valence electrons. The minimum absolute atomic E-state index is 0.122. The Morgan fingerprint density at radius 3 is 2.93 bits per heavy atom. The molecule has 0 saturated heterocycles. The first-order valence-corrected chi connectivity index (χ1v) is 10.3. The number of hydrogen-bond acceptors (Lipinski definition) is 6. The third kappa shape index (κ3) is 3.72. The zero-order valence-corrected chi connectivity index (χ0v) is 17.5. The molecule has 1 aliphatic carbocycles. The van der Waals surface area contributed by atoms with Crippen LogP contribution in [0.1, 0.15) is 23.8 Å². The molecule has 2 aromatic heterocycles. The summed E-state index contributed by atoms with van der Waals surface area (Å²) in [6, 6.07) is 5.14. The van der Waals surface area contributed by atoms with Crippen LogP contribution in [0.5, 0.6) is 11.5 Å². The van der Waals surface area contributed by atoms with Gasteiger partial charge in [0.25, 0.3) is 5.56 Å². The van der Waals surface area contributed by atoms with Gasteiger partial charge >= 0.3 is 0 Å². The number of anilines is 1. The molecule has 0 unspecified atom stereocenters. The van der Waals surface area contributed by atoms with Crippen molar-refractivity contribution in [3.8, 4) is 11.5 Å². The average molecular weight is 413 g/mol. The molecule has 3 aromatic rings. The second kappa shape index (κ2) is 7.87. The second-order valence-corrected chi connectivity index (χ2v) is 8.41. The molecule has 0 fully saturated rings. The number of fused-ring (bicyclic) bond motifs is 3. The molecule has 0 saturated carbocycles. The lowest BCUT2D eigenvalue weighted by atomic mass is 9.89. The molecule has 0 radical (unpaired) electrons. The Morgan fingerprint density at radius 2 is 2.17 bits per heavy atom. The maximum atomic E-state index is 13.1. The van der Waals surface area contributed by atoms with Crippen LogP contribution in [0.3, 0.4) is 0 Å². The van der Waals surface area contributed by atoms with E-state index in [9.17, 15) is 9.59 Å². The second-order valence-electron chi connectivity index (χ2n) is 7.32. The Hall–Kier alpha value is -2.87. The van der Waals surface area contributed by atoms with Gasteiger partial charge in [-0.1, -0.05) is 6.92 Å². The van der Waals surface area contributed by atoms with E-state index >= 15 is 0 Å². The van der Waals surface area contributed by atoms with Crippen LogP contribution >= 0.6 is 11.3 Å². The number of hydrogen-bond donors (Lipinski definition) is 1. The van der Waals surface area contributed by atoms with Gasteiger partial charge in [0.05, 0.1) is 31.6 Å². The molecule has 1 aromatic carbocycles. The van der Waals surface area contributed by atoms with Gasteiger partial charge in [0, 0.05) is 10.9 Å². The lowest BCUT2D eigenvalue weighted by molar-refractivity contribution is -0.116. The molecule has 7 nitrogen and oxygen atoms in total. The number of aromatic nitrogens is 2. The number of nitrogens with zero attached hydrogens (tertiary/aromatic N) is 2. The summed E-state index contributed by atoms with van der Waals surface area (Å²) < 4.78 is 11.9. The number of carbonyl (C=O) groups excluding carboxylic acids is 1. The summed E-state index contributed by atoms with van der Waals surface area (Å²) in [5.41, 5.74) is 1.44. The maximum absolute atomic E-state index is 13.1. The Kier molecular flexibility index (Phi) is 5.27. The molecule has 4 rings (SSSR count). The van der Waals surface area contributed by atoms with Gasteiger partial charge in [-0.25, -0.2) is 4.98 Å². The van der Waals surface area contributed by atoms with Crippen LogP contribution in [0, 0.1) is 5.92 Å². The molecule has 1 aliphatic rings. The first-order chi connectivity index (χ1) is 14.0. The highest BCUT2D eigenvalue weighted by Crippen LogP contribution is 2.35. The minimum Gasteiger partial charge on any atom is -0.497 e. The fraction of sp³-hybridized carbons (Fsp3) is 0.381. The third-order valence-corrected chi connectivity index (χ3v) is 6.44. The summed E-state index contributed by atoms with van der Waals surface area (Å²) in [5.74, 6) is 1.40.